The summed E-state index contributed by atoms with van der Waals surface area (Å²) in [5.74, 6) is 0.579. The summed E-state index contributed by atoms with van der Waals surface area (Å²) in [7, 11) is 0. The predicted octanol–water partition coefficient (Wildman–Crippen LogP) is 3.50. The molecule has 1 rings (SSSR count). The van der Waals surface area contributed by atoms with Crippen molar-refractivity contribution >= 4 is 5.69 Å². The summed E-state index contributed by atoms with van der Waals surface area (Å²) in [4.78, 5) is 3.24. The van der Waals surface area contributed by atoms with Crippen molar-refractivity contribution in [2.45, 2.75) is 32.9 Å². The molecule has 102 valence electrons. The lowest BCUT2D eigenvalue weighted by Crippen LogP contribution is -2.10. The van der Waals surface area contributed by atoms with Gasteiger partial charge in [-0.05, 0) is 18.8 Å². The van der Waals surface area contributed by atoms with E-state index in [2.05, 4.69) is 18.8 Å². The number of alkyl halides is 3. The molecule has 0 atom stereocenters. The molecule has 0 saturated heterocycles. The Labute approximate surface area is 104 Å². The minimum atomic E-state index is -4.48. The van der Waals surface area contributed by atoms with Crippen LogP contribution in [0, 0.1) is 5.92 Å². The summed E-state index contributed by atoms with van der Waals surface area (Å²) >= 11 is 0. The number of anilines is 1. The third-order valence-electron chi connectivity index (χ3n) is 2.37. The minimum Gasteiger partial charge on any atom is -0.491 e. The number of nitrogens with zero attached hydrogens (tertiary/aromatic N) is 1. The van der Waals surface area contributed by atoms with Gasteiger partial charge in [0.25, 0.3) is 0 Å². The summed E-state index contributed by atoms with van der Waals surface area (Å²) in [6, 6.07) is 0.838. The van der Waals surface area contributed by atoms with Gasteiger partial charge in [-0.3, -0.25) is 0 Å². The van der Waals surface area contributed by atoms with E-state index in [-0.39, 0.29) is 11.4 Å². The number of halogens is 3. The molecule has 1 aromatic heterocycles. The second-order valence-corrected chi connectivity index (χ2v) is 4.49. The van der Waals surface area contributed by atoms with Crippen LogP contribution in [-0.2, 0) is 6.18 Å². The SMILES string of the molecule is CC(C)CCCOc1cc(C(F)(F)F)ncc1N. The van der Waals surface area contributed by atoms with Crippen molar-refractivity contribution in [3.05, 3.63) is 18.0 Å². The molecule has 2 N–H and O–H groups in total. The Morgan fingerprint density at radius 1 is 1.39 bits per heavy atom. The number of nitrogen functional groups attached to an aromatic ring is 1. The molecule has 0 saturated carbocycles. The molecule has 0 amide bonds. The Morgan fingerprint density at radius 3 is 2.61 bits per heavy atom. The van der Waals surface area contributed by atoms with Crippen molar-refractivity contribution in [3.8, 4) is 5.75 Å². The Kier molecular flexibility index (Phi) is 4.81. The summed E-state index contributed by atoms with van der Waals surface area (Å²) in [6.45, 7) is 4.49. The van der Waals surface area contributed by atoms with Gasteiger partial charge in [-0.15, -0.1) is 0 Å². The van der Waals surface area contributed by atoms with Crippen LogP contribution in [0.2, 0.25) is 0 Å². The molecule has 0 spiro atoms. The van der Waals surface area contributed by atoms with Gasteiger partial charge in [0.15, 0.2) is 0 Å². The average molecular weight is 262 g/mol. The van der Waals surface area contributed by atoms with Crippen LogP contribution in [0.25, 0.3) is 0 Å². The van der Waals surface area contributed by atoms with Crippen LogP contribution in [0.4, 0.5) is 18.9 Å². The highest BCUT2D eigenvalue weighted by Gasteiger charge is 2.33. The lowest BCUT2D eigenvalue weighted by atomic mass is 10.1. The van der Waals surface area contributed by atoms with Crippen molar-refractivity contribution < 1.29 is 17.9 Å². The summed E-state index contributed by atoms with van der Waals surface area (Å²) in [5, 5.41) is 0. The fraction of sp³-hybridized carbons (Fsp3) is 0.583. The van der Waals surface area contributed by atoms with Crippen molar-refractivity contribution in [2.75, 3.05) is 12.3 Å². The first-order valence-electron chi connectivity index (χ1n) is 5.76. The van der Waals surface area contributed by atoms with Crippen LogP contribution in [0.15, 0.2) is 12.3 Å². The van der Waals surface area contributed by atoms with Gasteiger partial charge in [0, 0.05) is 6.07 Å². The molecule has 0 aliphatic carbocycles. The molecule has 0 unspecified atom stereocenters. The van der Waals surface area contributed by atoms with Crippen LogP contribution >= 0.6 is 0 Å². The minimum absolute atomic E-state index is 0.0427. The lowest BCUT2D eigenvalue weighted by molar-refractivity contribution is -0.141. The fourth-order valence-electron chi connectivity index (χ4n) is 1.40. The maximum Gasteiger partial charge on any atom is 0.433 e. The number of rotatable bonds is 5. The standard InChI is InChI=1S/C12H17F3N2O/c1-8(2)4-3-5-18-10-6-11(12(13,14)15)17-7-9(10)16/h6-8H,3-5,16H2,1-2H3. The average Bonchev–Trinajstić information content (AvgIpc) is 2.24. The van der Waals surface area contributed by atoms with Crippen molar-refractivity contribution in [3.63, 3.8) is 0 Å². The van der Waals surface area contributed by atoms with E-state index in [0.717, 1.165) is 25.1 Å². The second-order valence-electron chi connectivity index (χ2n) is 4.49. The molecule has 0 aliphatic rings. The van der Waals surface area contributed by atoms with E-state index in [1.54, 1.807) is 0 Å². The highest BCUT2D eigenvalue weighted by molar-refractivity contribution is 5.51. The van der Waals surface area contributed by atoms with Gasteiger partial charge < -0.3 is 10.5 Å². The summed E-state index contributed by atoms with van der Waals surface area (Å²) in [5.41, 5.74) is 4.65. The monoisotopic (exact) mass is 262 g/mol. The normalized spacial score (nSPS) is 11.9. The second kappa shape index (κ2) is 5.93. The van der Waals surface area contributed by atoms with Gasteiger partial charge >= 0.3 is 6.18 Å². The summed E-state index contributed by atoms with van der Waals surface area (Å²) in [6.07, 6.45) is -1.78. The van der Waals surface area contributed by atoms with E-state index >= 15 is 0 Å². The maximum absolute atomic E-state index is 12.4. The van der Waals surface area contributed by atoms with Gasteiger partial charge in [0.1, 0.15) is 11.4 Å². The van der Waals surface area contributed by atoms with Crippen LogP contribution in [-0.4, -0.2) is 11.6 Å². The quantitative estimate of drug-likeness (QED) is 0.826. The molecule has 3 nitrogen and oxygen atoms in total. The third kappa shape index (κ3) is 4.43. The molecule has 0 bridgehead atoms. The van der Waals surface area contributed by atoms with Crippen molar-refractivity contribution in [1.82, 2.24) is 4.98 Å². The van der Waals surface area contributed by atoms with Gasteiger partial charge in [0.05, 0.1) is 18.5 Å². The van der Waals surface area contributed by atoms with Crippen LogP contribution < -0.4 is 10.5 Å². The van der Waals surface area contributed by atoms with Gasteiger partial charge in [0.2, 0.25) is 0 Å². The lowest BCUT2D eigenvalue weighted by Gasteiger charge is -2.12. The molecule has 6 heteroatoms. The number of nitrogens with two attached hydrogens (primary N) is 1. The molecular weight excluding hydrogens is 245 g/mol. The van der Waals surface area contributed by atoms with Crippen LogP contribution in [0.3, 0.4) is 0 Å². The van der Waals surface area contributed by atoms with E-state index in [9.17, 15) is 13.2 Å². The van der Waals surface area contributed by atoms with Gasteiger partial charge in [-0.25, -0.2) is 4.98 Å². The van der Waals surface area contributed by atoms with Gasteiger partial charge in [-0.1, -0.05) is 13.8 Å². The largest absolute Gasteiger partial charge is 0.491 e. The molecule has 0 aliphatic heterocycles. The van der Waals surface area contributed by atoms with E-state index in [4.69, 9.17) is 10.5 Å². The highest BCUT2D eigenvalue weighted by Crippen LogP contribution is 2.32. The molecule has 0 fully saturated rings. The molecule has 1 aromatic rings. The van der Waals surface area contributed by atoms with E-state index in [1.807, 2.05) is 0 Å². The zero-order valence-electron chi connectivity index (χ0n) is 10.4. The Bertz CT molecular complexity index is 391. The number of hydrogen-bond acceptors (Lipinski definition) is 3. The highest BCUT2D eigenvalue weighted by atomic mass is 19.4. The molecule has 0 radical (unpaired) electrons. The Balaban J connectivity index is 2.64. The molecule has 18 heavy (non-hydrogen) atoms. The Hall–Kier alpha value is -1.46. The maximum atomic E-state index is 12.4. The smallest absolute Gasteiger partial charge is 0.433 e. The van der Waals surface area contributed by atoms with Crippen LogP contribution in [0.1, 0.15) is 32.4 Å². The Morgan fingerprint density at radius 2 is 2.06 bits per heavy atom. The van der Waals surface area contributed by atoms with E-state index in [0.29, 0.717) is 12.5 Å². The first-order chi connectivity index (χ1) is 8.30. The molecule has 1 heterocycles. The zero-order valence-corrected chi connectivity index (χ0v) is 10.4. The topological polar surface area (TPSA) is 48.1 Å². The third-order valence-corrected chi connectivity index (χ3v) is 2.37. The number of pyridine rings is 1. The van der Waals surface area contributed by atoms with E-state index in [1.165, 1.54) is 0 Å². The van der Waals surface area contributed by atoms with Crippen LogP contribution in [0.5, 0.6) is 5.75 Å². The zero-order chi connectivity index (χ0) is 13.8. The predicted molar refractivity (Wildman–Crippen MR) is 63.2 cm³/mol. The number of ether oxygens (including phenoxy) is 1. The summed E-state index contributed by atoms with van der Waals surface area (Å²) < 4.78 is 42.6. The first-order valence-corrected chi connectivity index (χ1v) is 5.76. The number of hydrogen-bond donors (Lipinski definition) is 1. The van der Waals surface area contributed by atoms with Crippen molar-refractivity contribution in [1.29, 1.82) is 0 Å². The molecule has 0 aromatic carbocycles. The fourth-order valence-corrected chi connectivity index (χ4v) is 1.40. The first kappa shape index (κ1) is 14.6. The van der Waals surface area contributed by atoms with Crippen molar-refractivity contribution in [2.24, 2.45) is 5.92 Å². The van der Waals surface area contributed by atoms with E-state index < -0.39 is 11.9 Å². The molecular formula is C12H17F3N2O. The van der Waals surface area contributed by atoms with Gasteiger partial charge in [-0.2, -0.15) is 13.2 Å². The number of aromatic nitrogens is 1.